The molecule has 1 aromatic carbocycles. The summed E-state index contributed by atoms with van der Waals surface area (Å²) in [4.78, 5) is 0.612. The van der Waals surface area contributed by atoms with Gasteiger partial charge in [-0.3, -0.25) is 4.18 Å². The van der Waals surface area contributed by atoms with Crippen molar-refractivity contribution < 1.29 is 12.8 Å². The van der Waals surface area contributed by atoms with Crippen molar-refractivity contribution >= 4 is 11.1 Å². The highest BCUT2D eigenvalue weighted by Crippen LogP contribution is 2.06. The zero-order chi connectivity index (χ0) is 10.2. The SMILES string of the molecule is O=S(OC/C=C/CF)c1ccccc1. The van der Waals surface area contributed by atoms with Gasteiger partial charge in [-0.15, -0.1) is 0 Å². The Balaban J connectivity index is 2.40. The predicted octanol–water partition coefficient (Wildman–Crippen LogP) is 2.25. The molecule has 0 aliphatic carbocycles. The number of halogens is 1. The average Bonchev–Trinajstić information content (AvgIpc) is 2.25. The first-order chi connectivity index (χ1) is 6.84. The van der Waals surface area contributed by atoms with E-state index in [1.807, 2.05) is 6.07 Å². The van der Waals surface area contributed by atoms with Gasteiger partial charge in [-0.05, 0) is 12.1 Å². The minimum absolute atomic E-state index is 0.158. The molecule has 4 heteroatoms. The molecule has 2 nitrogen and oxygen atoms in total. The molecule has 0 saturated carbocycles. The van der Waals surface area contributed by atoms with Gasteiger partial charge in [0, 0.05) is 0 Å². The third kappa shape index (κ3) is 3.81. The Morgan fingerprint density at radius 2 is 2.00 bits per heavy atom. The molecule has 1 aromatic rings. The van der Waals surface area contributed by atoms with Gasteiger partial charge in [0.15, 0.2) is 11.1 Å². The maximum absolute atomic E-state index is 11.6. The van der Waals surface area contributed by atoms with Crippen molar-refractivity contribution in [2.45, 2.75) is 4.90 Å². The molecule has 1 rings (SSSR count). The van der Waals surface area contributed by atoms with Gasteiger partial charge in [0.25, 0.3) is 0 Å². The maximum atomic E-state index is 11.6. The Kier molecular flexibility index (Phi) is 5.11. The average molecular weight is 214 g/mol. The third-order valence-electron chi connectivity index (χ3n) is 1.46. The van der Waals surface area contributed by atoms with Gasteiger partial charge in [-0.1, -0.05) is 30.4 Å². The molecule has 0 fully saturated rings. The highest BCUT2D eigenvalue weighted by molar-refractivity contribution is 7.80. The zero-order valence-corrected chi connectivity index (χ0v) is 8.37. The van der Waals surface area contributed by atoms with Crippen LogP contribution in [-0.2, 0) is 15.3 Å². The normalized spacial score (nSPS) is 13.2. The van der Waals surface area contributed by atoms with E-state index < -0.39 is 17.8 Å². The smallest absolute Gasteiger partial charge is 0.189 e. The molecular weight excluding hydrogens is 203 g/mol. The van der Waals surface area contributed by atoms with Gasteiger partial charge in [0.1, 0.15) is 6.67 Å². The summed E-state index contributed by atoms with van der Waals surface area (Å²) in [5.74, 6) is 0. The quantitative estimate of drug-likeness (QED) is 0.703. The van der Waals surface area contributed by atoms with Gasteiger partial charge >= 0.3 is 0 Å². The van der Waals surface area contributed by atoms with Crippen LogP contribution >= 0.6 is 0 Å². The number of hydrogen-bond acceptors (Lipinski definition) is 2. The second kappa shape index (κ2) is 6.45. The Hall–Kier alpha value is -1.00. The standard InChI is InChI=1S/C10H11FO2S/c11-8-4-5-9-13-14(12)10-6-2-1-3-7-10/h1-7H,8-9H2/b5-4+. The molecule has 0 aromatic heterocycles. The van der Waals surface area contributed by atoms with Crippen LogP contribution in [0, 0.1) is 0 Å². The molecule has 0 N–H and O–H groups in total. The lowest BCUT2D eigenvalue weighted by molar-refractivity contribution is 0.393. The summed E-state index contributed by atoms with van der Waals surface area (Å²) >= 11 is -1.46. The van der Waals surface area contributed by atoms with Gasteiger partial charge in [-0.25, -0.2) is 8.60 Å². The van der Waals surface area contributed by atoms with E-state index in [0.29, 0.717) is 4.90 Å². The van der Waals surface area contributed by atoms with Gasteiger partial charge in [-0.2, -0.15) is 0 Å². The van der Waals surface area contributed by atoms with Crippen LogP contribution in [0.2, 0.25) is 0 Å². The summed E-state index contributed by atoms with van der Waals surface area (Å²) in [5, 5.41) is 0. The van der Waals surface area contributed by atoms with Crippen molar-refractivity contribution in [2.24, 2.45) is 0 Å². The molecule has 1 unspecified atom stereocenters. The molecule has 0 heterocycles. The lowest BCUT2D eigenvalue weighted by Gasteiger charge is -1.99. The minimum atomic E-state index is -1.46. The van der Waals surface area contributed by atoms with Crippen LogP contribution in [0.3, 0.4) is 0 Å². The van der Waals surface area contributed by atoms with Crippen molar-refractivity contribution in [3.8, 4) is 0 Å². The lowest BCUT2D eigenvalue weighted by atomic mass is 10.4. The second-order valence-electron chi connectivity index (χ2n) is 2.46. The molecule has 1 atom stereocenters. The third-order valence-corrected chi connectivity index (χ3v) is 2.47. The van der Waals surface area contributed by atoms with Crippen molar-refractivity contribution in [3.05, 3.63) is 42.5 Å². The molecule has 76 valence electrons. The fourth-order valence-electron chi connectivity index (χ4n) is 0.832. The molecule has 0 saturated heterocycles. The summed E-state index contributed by atoms with van der Waals surface area (Å²) in [6.45, 7) is -0.368. The first kappa shape index (κ1) is 11.1. The number of rotatable bonds is 5. The van der Waals surface area contributed by atoms with Crippen LogP contribution in [0.4, 0.5) is 4.39 Å². The van der Waals surface area contributed by atoms with E-state index in [2.05, 4.69) is 0 Å². The van der Waals surface area contributed by atoms with Crippen molar-refractivity contribution in [1.82, 2.24) is 0 Å². The van der Waals surface area contributed by atoms with Crippen LogP contribution in [-0.4, -0.2) is 17.5 Å². The van der Waals surface area contributed by atoms with Crippen LogP contribution in [0.5, 0.6) is 0 Å². The van der Waals surface area contributed by atoms with E-state index >= 15 is 0 Å². The van der Waals surface area contributed by atoms with Gasteiger partial charge in [0.2, 0.25) is 0 Å². The second-order valence-corrected chi connectivity index (χ2v) is 3.63. The molecule has 0 bridgehead atoms. The molecule has 14 heavy (non-hydrogen) atoms. The van der Waals surface area contributed by atoms with Gasteiger partial charge in [0.05, 0.1) is 11.5 Å². The lowest BCUT2D eigenvalue weighted by Crippen LogP contribution is -1.97. The van der Waals surface area contributed by atoms with Crippen LogP contribution < -0.4 is 0 Å². The van der Waals surface area contributed by atoms with E-state index in [-0.39, 0.29) is 6.61 Å². The van der Waals surface area contributed by atoms with Crippen LogP contribution in [0.1, 0.15) is 0 Å². The summed E-state index contributed by atoms with van der Waals surface area (Å²) in [5.41, 5.74) is 0. The van der Waals surface area contributed by atoms with E-state index in [1.54, 1.807) is 24.3 Å². The number of benzene rings is 1. The van der Waals surface area contributed by atoms with E-state index in [0.717, 1.165) is 0 Å². The van der Waals surface area contributed by atoms with Crippen LogP contribution in [0.15, 0.2) is 47.4 Å². The van der Waals surface area contributed by atoms with E-state index in [4.69, 9.17) is 4.18 Å². The summed E-state index contributed by atoms with van der Waals surface area (Å²) in [7, 11) is 0. The Bertz CT molecular complexity index is 311. The summed E-state index contributed by atoms with van der Waals surface area (Å²) in [6, 6.07) is 8.84. The molecule has 0 radical (unpaired) electrons. The van der Waals surface area contributed by atoms with Crippen LogP contribution in [0.25, 0.3) is 0 Å². The highest BCUT2D eigenvalue weighted by atomic mass is 32.2. The number of alkyl halides is 1. The maximum Gasteiger partial charge on any atom is 0.189 e. The Labute approximate surface area is 85.1 Å². The number of allylic oxidation sites excluding steroid dienone is 1. The largest absolute Gasteiger partial charge is 0.283 e. The van der Waals surface area contributed by atoms with E-state index in [1.165, 1.54) is 12.2 Å². The van der Waals surface area contributed by atoms with Crippen molar-refractivity contribution in [1.29, 1.82) is 0 Å². The molecule has 0 spiro atoms. The zero-order valence-electron chi connectivity index (χ0n) is 7.56. The Morgan fingerprint density at radius 3 is 2.64 bits per heavy atom. The predicted molar refractivity (Wildman–Crippen MR) is 53.9 cm³/mol. The van der Waals surface area contributed by atoms with E-state index in [9.17, 15) is 8.60 Å². The fraction of sp³-hybridized carbons (Fsp3) is 0.200. The molecule has 0 aliphatic heterocycles. The molecular formula is C10H11FO2S. The highest BCUT2D eigenvalue weighted by Gasteiger charge is 2.00. The first-order valence-corrected chi connectivity index (χ1v) is 5.23. The summed E-state index contributed by atoms with van der Waals surface area (Å²) in [6.07, 6.45) is 2.82. The number of hydrogen-bond donors (Lipinski definition) is 0. The topological polar surface area (TPSA) is 26.3 Å². The fourth-order valence-corrected chi connectivity index (χ4v) is 1.55. The first-order valence-electron chi connectivity index (χ1n) is 4.15. The monoisotopic (exact) mass is 214 g/mol. The summed E-state index contributed by atoms with van der Waals surface area (Å²) < 4.78 is 27.9. The minimum Gasteiger partial charge on any atom is -0.283 e. The molecule has 0 amide bonds. The van der Waals surface area contributed by atoms with Crippen molar-refractivity contribution in [3.63, 3.8) is 0 Å². The Morgan fingerprint density at radius 1 is 1.29 bits per heavy atom. The van der Waals surface area contributed by atoms with Crippen molar-refractivity contribution in [2.75, 3.05) is 13.3 Å². The van der Waals surface area contributed by atoms with Gasteiger partial charge < -0.3 is 0 Å². The molecule has 0 aliphatic rings.